The van der Waals surface area contributed by atoms with Crippen molar-refractivity contribution in [2.75, 3.05) is 13.7 Å². The van der Waals surface area contributed by atoms with Gasteiger partial charge in [0.05, 0.1) is 24.9 Å². The van der Waals surface area contributed by atoms with Crippen LogP contribution < -0.4 is 14.9 Å². The predicted octanol–water partition coefficient (Wildman–Crippen LogP) is 5.11. The number of carbonyl (C=O) groups is 1. The number of benzene rings is 2. The second-order valence-electron chi connectivity index (χ2n) is 7.03. The summed E-state index contributed by atoms with van der Waals surface area (Å²) in [6.07, 6.45) is 8.68. The van der Waals surface area contributed by atoms with E-state index in [9.17, 15) is 14.9 Å². The van der Waals surface area contributed by atoms with Gasteiger partial charge in [0.15, 0.2) is 11.5 Å². The summed E-state index contributed by atoms with van der Waals surface area (Å²) in [4.78, 5) is 22.2. The first-order valence-electron chi connectivity index (χ1n) is 10.4. The molecule has 0 fully saturated rings. The topological polar surface area (TPSA) is 103 Å². The maximum atomic E-state index is 12.1. The largest absolute Gasteiger partial charge is 0.493 e. The zero-order valence-electron chi connectivity index (χ0n) is 18.0. The second-order valence-corrected chi connectivity index (χ2v) is 7.03. The molecule has 8 heteroatoms. The lowest BCUT2D eigenvalue weighted by atomic mass is 10.1. The molecule has 0 aliphatic carbocycles. The van der Waals surface area contributed by atoms with Gasteiger partial charge in [0.1, 0.15) is 0 Å². The fraction of sp³-hybridized carbons (Fsp3) is 0.391. The van der Waals surface area contributed by atoms with Crippen LogP contribution in [0.3, 0.4) is 0 Å². The number of amides is 1. The van der Waals surface area contributed by atoms with E-state index >= 15 is 0 Å². The Morgan fingerprint density at radius 2 is 1.77 bits per heavy atom. The van der Waals surface area contributed by atoms with Gasteiger partial charge in [0.2, 0.25) is 0 Å². The van der Waals surface area contributed by atoms with Gasteiger partial charge in [-0.15, -0.1) is 0 Å². The number of nitro benzene ring substituents is 1. The molecule has 31 heavy (non-hydrogen) atoms. The van der Waals surface area contributed by atoms with Crippen LogP contribution >= 0.6 is 0 Å². The van der Waals surface area contributed by atoms with Crippen LogP contribution in [0.25, 0.3) is 0 Å². The number of rotatable bonds is 13. The van der Waals surface area contributed by atoms with E-state index in [4.69, 9.17) is 9.47 Å². The summed E-state index contributed by atoms with van der Waals surface area (Å²) in [6, 6.07) is 10.7. The lowest BCUT2D eigenvalue weighted by molar-refractivity contribution is -0.384. The zero-order valence-corrected chi connectivity index (χ0v) is 18.0. The number of hydrogen-bond acceptors (Lipinski definition) is 6. The van der Waals surface area contributed by atoms with Crippen molar-refractivity contribution in [3.63, 3.8) is 0 Å². The number of carbonyl (C=O) groups excluding carboxylic acids is 1. The minimum absolute atomic E-state index is 0.0778. The van der Waals surface area contributed by atoms with E-state index < -0.39 is 10.8 Å². The highest BCUT2D eigenvalue weighted by Crippen LogP contribution is 2.27. The summed E-state index contributed by atoms with van der Waals surface area (Å²) in [6.45, 7) is 2.85. The molecule has 166 valence electrons. The van der Waals surface area contributed by atoms with Crippen molar-refractivity contribution in [1.29, 1.82) is 0 Å². The summed E-state index contributed by atoms with van der Waals surface area (Å²) in [5.41, 5.74) is 3.33. The van der Waals surface area contributed by atoms with E-state index in [0.29, 0.717) is 18.1 Å². The lowest BCUT2D eigenvalue weighted by Crippen LogP contribution is -2.17. The van der Waals surface area contributed by atoms with Crippen molar-refractivity contribution in [2.24, 2.45) is 5.10 Å². The molecule has 0 saturated carbocycles. The Kier molecular flexibility index (Phi) is 10.0. The molecule has 2 aromatic rings. The molecular formula is C23H29N3O5. The molecule has 0 spiro atoms. The molecule has 0 bridgehead atoms. The number of nitro groups is 1. The fourth-order valence-electron chi connectivity index (χ4n) is 2.91. The van der Waals surface area contributed by atoms with Gasteiger partial charge in [0, 0.05) is 17.7 Å². The van der Waals surface area contributed by atoms with Crippen LogP contribution in [-0.4, -0.2) is 30.8 Å². The minimum atomic E-state index is -0.520. The molecule has 0 heterocycles. The monoisotopic (exact) mass is 427 g/mol. The Labute approximate surface area is 182 Å². The summed E-state index contributed by atoms with van der Waals surface area (Å²) >= 11 is 0. The summed E-state index contributed by atoms with van der Waals surface area (Å²) in [5, 5.41) is 14.6. The highest BCUT2D eigenvalue weighted by atomic mass is 16.6. The third-order valence-corrected chi connectivity index (χ3v) is 4.66. The first-order chi connectivity index (χ1) is 15.0. The van der Waals surface area contributed by atoms with Crippen LogP contribution in [-0.2, 0) is 0 Å². The van der Waals surface area contributed by atoms with Crippen molar-refractivity contribution in [3.8, 4) is 11.5 Å². The van der Waals surface area contributed by atoms with Gasteiger partial charge in [-0.05, 0) is 42.3 Å². The zero-order chi connectivity index (χ0) is 22.5. The van der Waals surface area contributed by atoms with Crippen molar-refractivity contribution in [2.45, 2.75) is 45.4 Å². The predicted molar refractivity (Wildman–Crippen MR) is 120 cm³/mol. The molecule has 8 nitrogen and oxygen atoms in total. The SMILES string of the molecule is CCCCCCCCOc1ccc(/C=N/NC(=O)c2ccc([N+](=O)[O-])cc2)cc1OC. The van der Waals surface area contributed by atoms with Crippen LogP contribution in [0.2, 0.25) is 0 Å². The van der Waals surface area contributed by atoms with Gasteiger partial charge >= 0.3 is 0 Å². The number of nitrogens with zero attached hydrogens (tertiary/aromatic N) is 2. The van der Waals surface area contributed by atoms with E-state index in [-0.39, 0.29) is 11.3 Å². The Morgan fingerprint density at radius 1 is 1.06 bits per heavy atom. The maximum Gasteiger partial charge on any atom is 0.271 e. The summed E-state index contributed by atoms with van der Waals surface area (Å²) < 4.78 is 11.2. The highest BCUT2D eigenvalue weighted by molar-refractivity contribution is 5.95. The third-order valence-electron chi connectivity index (χ3n) is 4.66. The fourth-order valence-corrected chi connectivity index (χ4v) is 2.91. The molecule has 2 aromatic carbocycles. The van der Waals surface area contributed by atoms with Crippen LogP contribution in [0, 0.1) is 10.1 Å². The van der Waals surface area contributed by atoms with Gasteiger partial charge in [-0.2, -0.15) is 5.10 Å². The van der Waals surface area contributed by atoms with Crippen LogP contribution in [0.1, 0.15) is 61.4 Å². The Morgan fingerprint density at radius 3 is 2.45 bits per heavy atom. The average molecular weight is 428 g/mol. The van der Waals surface area contributed by atoms with E-state index in [1.165, 1.54) is 56.2 Å². The number of non-ortho nitro benzene ring substituents is 1. The van der Waals surface area contributed by atoms with Crippen LogP contribution in [0.4, 0.5) is 5.69 Å². The molecule has 0 aromatic heterocycles. The van der Waals surface area contributed by atoms with Crippen molar-refractivity contribution in [3.05, 3.63) is 63.7 Å². The molecule has 2 rings (SSSR count). The first-order valence-corrected chi connectivity index (χ1v) is 10.4. The van der Waals surface area contributed by atoms with Crippen molar-refractivity contribution in [1.82, 2.24) is 5.43 Å². The highest BCUT2D eigenvalue weighted by Gasteiger charge is 2.09. The molecule has 0 aliphatic heterocycles. The number of unbranched alkanes of at least 4 members (excludes halogenated alkanes) is 5. The molecular weight excluding hydrogens is 398 g/mol. The molecule has 0 aliphatic rings. The number of ether oxygens (including phenoxy) is 2. The van der Waals surface area contributed by atoms with E-state index in [2.05, 4.69) is 17.5 Å². The number of hydrazone groups is 1. The third kappa shape index (κ3) is 8.08. The molecule has 0 atom stereocenters. The second kappa shape index (κ2) is 13.0. The van der Waals surface area contributed by atoms with Crippen LogP contribution in [0.15, 0.2) is 47.6 Å². The smallest absolute Gasteiger partial charge is 0.271 e. The minimum Gasteiger partial charge on any atom is -0.493 e. The summed E-state index contributed by atoms with van der Waals surface area (Å²) in [7, 11) is 1.57. The van der Waals surface area contributed by atoms with Gasteiger partial charge in [-0.3, -0.25) is 14.9 Å². The molecule has 0 unspecified atom stereocenters. The Hall–Kier alpha value is -3.42. The van der Waals surface area contributed by atoms with Crippen molar-refractivity contribution < 1.29 is 19.2 Å². The maximum absolute atomic E-state index is 12.1. The lowest BCUT2D eigenvalue weighted by Gasteiger charge is -2.11. The van der Waals surface area contributed by atoms with Gasteiger partial charge in [0.25, 0.3) is 11.6 Å². The van der Waals surface area contributed by atoms with Gasteiger partial charge in [-0.1, -0.05) is 39.0 Å². The Bertz CT molecular complexity index is 881. The van der Waals surface area contributed by atoms with Crippen molar-refractivity contribution >= 4 is 17.8 Å². The summed E-state index contributed by atoms with van der Waals surface area (Å²) in [5.74, 6) is 0.803. The quantitative estimate of drug-likeness (QED) is 0.207. The molecule has 0 radical (unpaired) electrons. The number of hydrogen-bond donors (Lipinski definition) is 1. The number of nitrogens with one attached hydrogen (secondary N) is 1. The van der Waals surface area contributed by atoms with Crippen LogP contribution in [0.5, 0.6) is 11.5 Å². The molecule has 0 saturated heterocycles. The van der Waals surface area contributed by atoms with Gasteiger partial charge < -0.3 is 9.47 Å². The Balaban J connectivity index is 1.85. The van der Waals surface area contributed by atoms with E-state index in [0.717, 1.165) is 18.4 Å². The van der Waals surface area contributed by atoms with E-state index in [1.54, 1.807) is 13.2 Å². The standard InChI is InChI=1S/C23H29N3O5/c1-3-4-5-6-7-8-15-31-21-14-9-18(16-22(21)30-2)17-24-25-23(27)19-10-12-20(13-11-19)26(28)29/h9-14,16-17H,3-8,15H2,1-2H3,(H,25,27)/b24-17+. The van der Waals surface area contributed by atoms with Gasteiger partial charge in [-0.25, -0.2) is 5.43 Å². The van der Waals surface area contributed by atoms with E-state index in [1.807, 2.05) is 12.1 Å². The normalized spacial score (nSPS) is 10.8. The molecule has 1 amide bonds. The average Bonchev–Trinajstić information content (AvgIpc) is 2.79. The first kappa shape index (κ1) is 23.9. The number of methoxy groups -OCH3 is 1. The molecule has 1 N–H and O–H groups in total.